The number of aromatic hydroxyl groups is 1. The molecule has 0 atom stereocenters. The standard InChI is InChI=1S/C31H27ClN6O3/c32-23-10-4-3-9-20(23)17-34-31(41)38-28(19-7-1-2-8-19)16-26(37-38)22-15-21(13-14-29(22)39)35-30(40)27-18-33-24-11-5-6-12-25(24)36-27/h3-6,9-16,18-19,39H,1-2,7-8,17H2,(H,34,41)(H,35,40). The van der Waals surface area contributed by atoms with E-state index in [1.807, 2.05) is 42.5 Å². The topological polar surface area (TPSA) is 122 Å². The summed E-state index contributed by atoms with van der Waals surface area (Å²) >= 11 is 6.27. The molecule has 1 aliphatic rings. The highest BCUT2D eigenvalue weighted by Crippen LogP contribution is 2.38. The third-order valence-corrected chi connectivity index (χ3v) is 7.67. The first kappa shape index (κ1) is 26.5. The van der Waals surface area contributed by atoms with Gasteiger partial charge in [0.05, 0.1) is 28.6 Å². The number of phenols is 1. The zero-order valence-corrected chi connectivity index (χ0v) is 22.8. The van der Waals surface area contributed by atoms with Gasteiger partial charge in [-0.15, -0.1) is 0 Å². The molecule has 10 heteroatoms. The average Bonchev–Trinajstić information content (AvgIpc) is 3.68. The summed E-state index contributed by atoms with van der Waals surface area (Å²) in [6, 6.07) is 20.8. The Morgan fingerprint density at radius 2 is 1.73 bits per heavy atom. The zero-order chi connectivity index (χ0) is 28.3. The summed E-state index contributed by atoms with van der Waals surface area (Å²) in [5.74, 6) is -0.276. The maximum Gasteiger partial charge on any atom is 0.342 e. The molecule has 6 rings (SSSR count). The number of anilines is 1. The second-order valence-corrected chi connectivity index (χ2v) is 10.4. The van der Waals surface area contributed by atoms with Gasteiger partial charge in [-0.3, -0.25) is 9.78 Å². The molecular weight excluding hydrogens is 540 g/mol. The van der Waals surface area contributed by atoms with Gasteiger partial charge in [0.2, 0.25) is 0 Å². The molecule has 41 heavy (non-hydrogen) atoms. The average molecular weight is 567 g/mol. The number of nitrogens with one attached hydrogen (secondary N) is 2. The summed E-state index contributed by atoms with van der Waals surface area (Å²) in [6.07, 6.45) is 5.50. The smallest absolute Gasteiger partial charge is 0.342 e. The van der Waals surface area contributed by atoms with Crippen LogP contribution in [0.25, 0.3) is 22.3 Å². The first-order valence-electron chi connectivity index (χ1n) is 13.4. The van der Waals surface area contributed by atoms with Crippen molar-refractivity contribution in [1.82, 2.24) is 25.1 Å². The molecule has 0 unspecified atom stereocenters. The number of aromatic nitrogens is 4. The van der Waals surface area contributed by atoms with E-state index in [0.717, 1.165) is 36.9 Å². The lowest BCUT2D eigenvalue weighted by Gasteiger charge is -2.12. The minimum absolute atomic E-state index is 0.0207. The number of hydrogen-bond donors (Lipinski definition) is 3. The van der Waals surface area contributed by atoms with Crippen LogP contribution in [0.4, 0.5) is 10.5 Å². The number of hydrogen-bond acceptors (Lipinski definition) is 6. The first-order chi connectivity index (χ1) is 20.0. The lowest BCUT2D eigenvalue weighted by molar-refractivity contribution is 0.102. The van der Waals surface area contributed by atoms with E-state index < -0.39 is 5.91 Å². The molecule has 0 bridgehead atoms. The van der Waals surface area contributed by atoms with Gasteiger partial charge in [-0.2, -0.15) is 9.78 Å². The minimum Gasteiger partial charge on any atom is -0.507 e. The highest BCUT2D eigenvalue weighted by Gasteiger charge is 2.26. The van der Waals surface area contributed by atoms with Crippen molar-refractivity contribution in [2.24, 2.45) is 0 Å². The van der Waals surface area contributed by atoms with E-state index >= 15 is 0 Å². The summed E-state index contributed by atoms with van der Waals surface area (Å²) in [5, 5.41) is 21.7. The van der Waals surface area contributed by atoms with Crippen LogP contribution in [0.3, 0.4) is 0 Å². The van der Waals surface area contributed by atoms with E-state index in [0.29, 0.717) is 33.0 Å². The van der Waals surface area contributed by atoms with Gasteiger partial charge in [0.25, 0.3) is 5.91 Å². The van der Waals surface area contributed by atoms with E-state index in [4.69, 9.17) is 11.6 Å². The predicted octanol–water partition coefficient (Wildman–Crippen LogP) is 6.52. The fourth-order valence-electron chi connectivity index (χ4n) is 5.17. The predicted molar refractivity (Wildman–Crippen MR) is 157 cm³/mol. The normalized spacial score (nSPS) is 13.4. The summed E-state index contributed by atoms with van der Waals surface area (Å²) in [5.41, 5.74) is 4.33. The van der Waals surface area contributed by atoms with Gasteiger partial charge in [-0.25, -0.2) is 9.78 Å². The molecule has 3 aromatic carbocycles. The number of benzene rings is 3. The molecule has 2 aromatic heterocycles. The number of carbonyl (C=O) groups is 2. The Labute approximate surface area is 241 Å². The van der Waals surface area contributed by atoms with Crippen molar-refractivity contribution in [3.8, 4) is 17.0 Å². The van der Waals surface area contributed by atoms with Crippen LogP contribution in [0.2, 0.25) is 5.02 Å². The molecule has 1 aliphatic carbocycles. The number of carbonyl (C=O) groups excluding carboxylic acids is 2. The van der Waals surface area contributed by atoms with Crippen molar-refractivity contribution in [2.75, 3.05) is 5.32 Å². The molecule has 2 heterocycles. The van der Waals surface area contributed by atoms with Crippen LogP contribution in [0, 0.1) is 0 Å². The molecule has 1 fully saturated rings. The molecule has 2 amide bonds. The molecule has 206 valence electrons. The Bertz CT molecular complexity index is 1760. The van der Waals surface area contributed by atoms with E-state index in [1.165, 1.54) is 16.9 Å². The van der Waals surface area contributed by atoms with Crippen molar-refractivity contribution in [1.29, 1.82) is 0 Å². The summed E-state index contributed by atoms with van der Waals surface area (Å²) in [6.45, 7) is 0.252. The monoisotopic (exact) mass is 566 g/mol. The van der Waals surface area contributed by atoms with Crippen LogP contribution in [0.1, 0.15) is 53.3 Å². The number of nitrogens with zero attached hydrogens (tertiary/aromatic N) is 4. The Hall–Kier alpha value is -4.76. The molecule has 0 saturated heterocycles. The van der Waals surface area contributed by atoms with Crippen molar-refractivity contribution in [3.05, 3.63) is 101 Å². The van der Waals surface area contributed by atoms with Gasteiger partial charge in [-0.05, 0) is 60.9 Å². The maximum atomic E-state index is 13.3. The maximum absolute atomic E-state index is 13.3. The largest absolute Gasteiger partial charge is 0.507 e. The van der Waals surface area contributed by atoms with E-state index in [2.05, 4.69) is 25.7 Å². The zero-order valence-electron chi connectivity index (χ0n) is 22.0. The van der Waals surface area contributed by atoms with E-state index in [-0.39, 0.29) is 29.9 Å². The van der Waals surface area contributed by atoms with Crippen molar-refractivity contribution in [3.63, 3.8) is 0 Å². The second kappa shape index (κ2) is 11.4. The molecule has 1 saturated carbocycles. The number of halogens is 1. The third-order valence-electron chi connectivity index (χ3n) is 7.30. The number of rotatable bonds is 6. The van der Waals surface area contributed by atoms with Gasteiger partial charge < -0.3 is 15.7 Å². The van der Waals surface area contributed by atoms with Gasteiger partial charge in [0.15, 0.2) is 0 Å². The lowest BCUT2D eigenvalue weighted by atomic mass is 10.0. The Balaban J connectivity index is 1.27. The van der Waals surface area contributed by atoms with Gasteiger partial charge in [0.1, 0.15) is 11.4 Å². The van der Waals surface area contributed by atoms with Crippen LogP contribution in [-0.4, -0.2) is 36.8 Å². The second-order valence-electron chi connectivity index (χ2n) is 10.0. The Morgan fingerprint density at radius 3 is 2.54 bits per heavy atom. The Kier molecular flexibility index (Phi) is 7.35. The highest BCUT2D eigenvalue weighted by atomic mass is 35.5. The number of fused-ring (bicyclic) bond motifs is 1. The van der Waals surface area contributed by atoms with Crippen LogP contribution >= 0.6 is 11.6 Å². The number of amides is 2. The van der Waals surface area contributed by atoms with E-state index in [1.54, 1.807) is 24.3 Å². The highest BCUT2D eigenvalue weighted by molar-refractivity contribution is 6.31. The molecular formula is C31H27ClN6O3. The molecule has 5 aromatic rings. The fraction of sp³-hybridized carbons (Fsp3) is 0.194. The molecule has 3 N–H and O–H groups in total. The fourth-order valence-corrected chi connectivity index (χ4v) is 5.37. The van der Waals surface area contributed by atoms with Crippen LogP contribution < -0.4 is 10.6 Å². The van der Waals surface area contributed by atoms with Gasteiger partial charge in [-0.1, -0.05) is 54.8 Å². The SMILES string of the molecule is O=C(Nc1ccc(O)c(-c2cc(C3CCCC3)n(C(=O)NCc3ccccc3Cl)n2)c1)c1cnc2ccccc2n1. The van der Waals surface area contributed by atoms with E-state index in [9.17, 15) is 14.7 Å². The van der Waals surface area contributed by atoms with Crippen molar-refractivity contribution in [2.45, 2.75) is 38.1 Å². The van der Waals surface area contributed by atoms with Gasteiger partial charge in [0, 0.05) is 28.7 Å². The van der Waals surface area contributed by atoms with Crippen LogP contribution in [0.5, 0.6) is 5.75 Å². The minimum atomic E-state index is -0.434. The number of phenolic OH excluding ortho intramolecular Hbond substituents is 1. The summed E-state index contributed by atoms with van der Waals surface area (Å²) in [4.78, 5) is 35.0. The molecule has 0 spiro atoms. The summed E-state index contributed by atoms with van der Waals surface area (Å²) in [7, 11) is 0. The molecule has 0 radical (unpaired) electrons. The van der Waals surface area contributed by atoms with Crippen molar-refractivity contribution >= 4 is 40.3 Å². The van der Waals surface area contributed by atoms with Crippen LogP contribution in [-0.2, 0) is 6.54 Å². The summed E-state index contributed by atoms with van der Waals surface area (Å²) < 4.78 is 1.39. The lowest BCUT2D eigenvalue weighted by Crippen LogP contribution is -2.30. The first-order valence-corrected chi connectivity index (χ1v) is 13.8. The van der Waals surface area contributed by atoms with Gasteiger partial charge >= 0.3 is 6.03 Å². The third kappa shape index (κ3) is 5.62. The van der Waals surface area contributed by atoms with Crippen LogP contribution in [0.15, 0.2) is 79.0 Å². The Morgan fingerprint density at radius 1 is 0.976 bits per heavy atom. The number of para-hydroxylation sites is 2. The molecule has 9 nitrogen and oxygen atoms in total. The molecule has 0 aliphatic heterocycles. The van der Waals surface area contributed by atoms with Crippen molar-refractivity contribution < 1.29 is 14.7 Å². The quantitative estimate of drug-likeness (QED) is 0.201.